The average Bonchev–Trinajstić information content (AvgIpc) is 3.25. The summed E-state index contributed by atoms with van der Waals surface area (Å²) in [6.45, 7) is 7.38. The zero-order valence-corrected chi connectivity index (χ0v) is 22.4. The summed E-state index contributed by atoms with van der Waals surface area (Å²) in [6, 6.07) is 2.86. The molecule has 1 heterocycles. The third-order valence-corrected chi connectivity index (χ3v) is 5.93. The van der Waals surface area contributed by atoms with Gasteiger partial charge in [-0.15, -0.1) is 0 Å². The van der Waals surface area contributed by atoms with Gasteiger partial charge in [-0.1, -0.05) is 58.7 Å². The Labute approximate surface area is 223 Å². The number of carboxylic acid groups (broad SMARTS) is 1. The maximum absolute atomic E-state index is 13.5. The van der Waals surface area contributed by atoms with Crippen molar-refractivity contribution in [2.75, 3.05) is 7.11 Å². The van der Waals surface area contributed by atoms with Crippen LogP contribution in [0.3, 0.4) is 0 Å². The molecule has 3 N–H and O–H groups in total. The van der Waals surface area contributed by atoms with Gasteiger partial charge in [-0.2, -0.15) is 4.99 Å². The molecule has 11 nitrogen and oxygen atoms in total. The molecule has 1 aromatic carbocycles. The molecule has 38 heavy (non-hydrogen) atoms. The van der Waals surface area contributed by atoms with E-state index in [0.717, 1.165) is 0 Å². The lowest BCUT2D eigenvalue weighted by atomic mass is 9.88. The Hall–Kier alpha value is -3.98. The first-order chi connectivity index (χ1) is 18.3. The lowest BCUT2D eigenvalue weighted by molar-refractivity contribution is -0.142. The Morgan fingerprint density at radius 3 is 2.45 bits per heavy atom. The summed E-state index contributed by atoms with van der Waals surface area (Å²) >= 11 is 0. The Balaban J connectivity index is 2.55. The predicted octanol–water partition coefficient (Wildman–Crippen LogP) is 3.18. The number of hydrogen-bond donors (Lipinski definition) is 3. The minimum Gasteiger partial charge on any atom is -0.480 e. The van der Waals surface area contributed by atoms with E-state index in [0.29, 0.717) is 34.6 Å². The molecule has 3 atom stereocenters. The number of unbranched alkanes of at least 4 members (excludes halogenated alkanes) is 1. The number of carbonyl (C=O) groups is 4. The number of aromatic nitrogens is 1. The lowest BCUT2D eigenvalue weighted by Gasteiger charge is -2.25. The number of fused-ring (bicyclic) bond motifs is 1. The zero-order chi connectivity index (χ0) is 29.3. The molecule has 1 aromatic heterocycles. The average molecular weight is 530 g/mol. The van der Waals surface area contributed by atoms with Gasteiger partial charge in [-0.25, -0.2) is 14.4 Å². The smallest absolute Gasteiger partial charge is 0.418 e. The van der Waals surface area contributed by atoms with E-state index >= 15 is 0 Å². The van der Waals surface area contributed by atoms with Gasteiger partial charge in [-0.05, 0) is 29.9 Å². The van der Waals surface area contributed by atoms with Crippen LogP contribution in [-0.2, 0) is 30.3 Å². The number of nitrogens with one attached hydrogen (secondary N) is 2. The molecule has 0 radical (unpaired) electrons. The number of nitrogens with zero attached hydrogens (tertiary/aromatic N) is 2. The first-order valence-corrected chi connectivity index (χ1v) is 12.4. The number of carboxylic acids is 1. The van der Waals surface area contributed by atoms with E-state index in [4.69, 9.17) is 6.15 Å². The van der Waals surface area contributed by atoms with Crippen molar-refractivity contribution in [3.8, 4) is 0 Å². The maximum atomic E-state index is 13.5. The first-order valence-electron chi connectivity index (χ1n) is 12.9. The van der Waals surface area contributed by atoms with E-state index in [-0.39, 0.29) is 19.3 Å². The van der Waals surface area contributed by atoms with Crippen molar-refractivity contribution in [1.29, 1.82) is 0 Å². The number of benzene rings is 1. The molecule has 2 aromatic rings. The molecule has 206 valence electrons. The van der Waals surface area contributed by atoms with Crippen molar-refractivity contribution in [2.24, 2.45) is 10.4 Å². The predicted molar refractivity (Wildman–Crippen MR) is 140 cm³/mol. The highest BCUT2D eigenvalue weighted by molar-refractivity contribution is 5.95. The van der Waals surface area contributed by atoms with Crippen molar-refractivity contribution < 1.29 is 35.2 Å². The maximum Gasteiger partial charge on any atom is 0.418 e. The Bertz CT molecular complexity index is 1250. The summed E-state index contributed by atoms with van der Waals surface area (Å²) in [4.78, 5) is 65.7. The molecule has 0 aliphatic rings. The number of amides is 2. The van der Waals surface area contributed by atoms with Gasteiger partial charge >= 0.3 is 12.1 Å². The molecule has 0 saturated heterocycles. The highest BCUT2D eigenvalue weighted by atomic mass is 16.5. The molecule has 0 spiro atoms. The lowest BCUT2D eigenvalue weighted by Crippen LogP contribution is -2.54. The van der Waals surface area contributed by atoms with Gasteiger partial charge in [0.2, 0.25) is 17.9 Å². The van der Waals surface area contributed by atoms with Crippen LogP contribution in [-0.4, -0.2) is 64.9 Å². The van der Waals surface area contributed by atoms with E-state index in [2.05, 4.69) is 10.3 Å². The second-order valence-corrected chi connectivity index (χ2v) is 10.2. The van der Waals surface area contributed by atoms with Crippen LogP contribution in [0.4, 0.5) is 4.79 Å². The number of rotatable bonds is 12. The summed E-state index contributed by atoms with van der Waals surface area (Å²) in [6.07, 6.45) is 3.46. The number of isocyanates is 1. The van der Waals surface area contributed by atoms with Crippen LogP contribution in [0.15, 0.2) is 35.5 Å². The number of methoxy groups -OCH3 is 1. The highest BCUT2D eigenvalue weighted by Gasteiger charge is 2.31. The van der Waals surface area contributed by atoms with Gasteiger partial charge in [0.1, 0.15) is 18.1 Å². The van der Waals surface area contributed by atoms with Crippen LogP contribution in [0.2, 0.25) is 1.41 Å². The van der Waals surface area contributed by atoms with Crippen molar-refractivity contribution in [1.82, 2.24) is 15.2 Å². The van der Waals surface area contributed by atoms with Crippen molar-refractivity contribution in [3.63, 3.8) is 0 Å². The number of carbonyl (C=O) groups excluding carboxylic acids is 4. The molecular weight excluding hydrogens is 492 g/mol. The summed E-state index contributed by atoms with van der Waals surface area (Å²) in [5.74, 6) is -3.01. The Morgan fingerprint density at radius 2 is 1.87 bits per heavy atom. The van der Waals surface area contributed by atoms with E-state index in [1.54, 1.807) is 24.3 Å². The molecule has 11 heteroatoms. The molecule has 0 saturated carbocycles. The molecule has 0 fully saturated rings. The van der Waals surface area contributed by atoms with Crippen LogP contribution in [0.1, 0.15) is 58.9 Å². The van der Waals surface area contributed by atoms with Gasteiger partial charge in [0.05, 0.1) is 12.6 Å². The van der Waals surface area contributed by atoms with Gasteiger partial charge in [0, 0.05) is 18.0 Å². The minimum atomic E-state index is -1.50. The topological polar surface area (TPSA) is 156 Å². The van der Waals surface area contributed by atoms with Crippen LogP contribution in [0.5, 0.6) is 0 Å². The second-order valence-electron chi connectivity index (χ2n) is 10.2. The molecular formula is C27H36N4O7. The third kappa shape index (κ3) is 8.27. The van der Waals surface area contributed by atoms with Crippen LogP contribution in [0, 0.1) is 5.41 Å². The van der Waals surface area contributed by atoms with Crippen molar-refractivity contribution in [2.45, 2.75) is 77.9 Å². The van der Waals surface area contributed by atoms with Crippen LogP contribution >= 0.6 is 0 Å². The number of aliphatic imine (C=N–C) groups is 1. The molecule has 0 unspecified atom stereocenters. The monoisotopic (exact) mass is 529 g/mol. The highest BCUT2D eigenvalue weighted by Crippen LogP contribution is 2.25. The Morgan fingerprint density at radius 1 is 1.18 bits per heavy atom. The standard InChI is InChI=1S/C27H36N4O7/c1-6-7-11-19(25(35)36)29-23(33)20(30-24(34)21(28-16-32)14-27(2,3)4)13-17-15-31(26(37)38-5)22-12-9-8-10-18(17)22/h8-10,12,15,19-21H,6-7,11,13-14H2,1-5H3,(H,29,33)(H,30,34)(H,35,36)/t19-,20+,21-/m0/s1/i/hD. The number of ether oxygens (including phenoxy) is 1. The van der Waals surface area contributed by atoms with Crippen LogP contribution < -0.4 is 10.6 Å². The van der Waals surface area contributed by atoms with Crippen LogP contribution in [0.25, 0.3) is 10.9 Å². The summed E-state index contributed by atoms with van der Waals surface area (Å²) in [5.41, 5.74) is 0.499. The molecule has 0 bridgehead atoms. The molecule has 0 aliphatic carbocycles. The number of para-hydroxylation sites is 1. The minimum absolute atomic E-state index is 0.112. The van der Waals surface area contributed by atoms with E-state index < -0.39 is 47.4 Å². The fraction of sp³-hybridized carbons (Fsp3) is 0.519. The number of aliphatic carboxylic acids is 1. The SMILES string of the molecule is [2H]N(C(=O)[C@H](CC(C)(C)C)N=C=O)[C@H](Cc1cn(C(=O)OC)c2ccccc12)C(=O)N[C@@H](CCCC)C(=O)O. The van der Waals surface area contributed by atoms with Gasteiger partial charge in [0.15, 0.2) is 1.41 Å². The quantitative estimate of drug-likeness (QED) is 0.282. The third-order valence-electron chi connectivity index (χ3n) is 5.93. The van der Waals surface area contributed by atoms with Crippen molar-refractivity contribution in [3.05, 3.63) is 36.0 Å². The zero-order valence-electron chi connectivity index (χ0n) is 23.4. The fourth-order valence-corrected chi connectivity index (χ4v) is 4.07. The molecule has 2 amide bonds. The van der Waals surface area contributed by atoms with Gasteiger partial charge in [-0.3, -0.25) is 14.2 Å². The van der Waals surface area contributed by atoms with E-state index in [1.807, 2.05) is 27.7 Å². The summed E-state index contributed by atoms with van der Waals surface area (Å²) in [7, 11) is 1.22. The fourth-order valence-electron chi connectivity index (χ4n) is 4.07. The van der Waals surface area contributed by atoms with Gasteiger partial charge < -0.3 is 20.5 Å². The number of hydrogen-bond acceptors (Lipinski definition) is 7. The summed E-state index contributed by atoms with van der Waals surface area (Å²) in [5, 5.41) is 13.1. The second kappa shape index (κ2) is 13.5. The molecule has 0 aliphatic heterocycles. The van der Waals surface area contributed by atoms with Crippen molar-refractivity contribution >= 4 is 40.9 Å². The van der Waals surface area contributed by atoms with E-state index in [9.17, 15) is 29.1 Å². The summed E-state index contributed by atoms with van der Waals surface area (Å²) < 4.78 is 14.7. The van der Waals surface area contributed by atoms with Gasteiger partial charge in [0.25, 0.3) is 0 Å². The first kappa shape index (κ1) is 28.6. The molecule has 2 rings (SSSR count). The van der Waals surface area contributed by atoms with E-state index in [1.165, 1.54) is 24.0 Å². The normalized spacial score (nSPS) is 14.0. The largest absolute Gasteiger partial charge is 0.480 e. The Kier molecular flexibility index (Phi) is 10.2.